The van der Waals surface area contributed by atoms with Crippen molar-refractivity contribution in [1.29, 1.82) is 0 Å². The molecule has 29 heavy (non-hydrogen) atoms. The number of hydrogen-bond acceptors (Lipinski definition) is 6. The summed E-state index contributed by atoms with van der Waals surface area (Å²) in [7, 11) is 0. The molecule has 0 unspecified atom stereocenters. The maximum absolute atomic E-state index is 6.29. The van der Waals surface area contributed by atoms with E-state index in [0.29, 0.717) is 11.8 Å². The highest BCUT2D eigenvalue weighted by Crippen LogP contribution is 2.42. The molecule has 0 aromatic carbocycles. The van der Waals surface area contributed by atoms with Crippen LogP contribution in [0.15, 0.2) is 12.4 Å². The molecule has 6 heteroatoms. The van der Waals surface area contributed by atoms with Crippen molar-refractivity contribution >= 4 is 16.9 Å². The maximum atomic E-state index is 6.29. The van der Waals surface area contributed by atoms with Gasteiger partial charge in [0.15, 0.2) is 0 Å². The third kappa shape index (κ3) is 4.04. The van der Waals surface area contributed by atoms with Gasteiger partial charge in [-0.1, -0.05) is 26.2 Å². The van der Waals surface area contributed by atoms with E-state index < -0.39 is 0 Å². The lowest BCUT2D eigenvalue weighted by Gasteiger charge is -2.25. The standard InChI is InChI=1S/C23H32N4O2/c1-2-23(10-11-23)27-22-25-15-19-20(26-22)18(16-6-4-3-5-7-16)14-24-21(19)29-17-8-12-28-13-9-17/h14-17H,2-13H2,1H3,(H,25,26,27). The molecule has 0 atom stereocenters. The third-order valence-electron chi connectivity index (χ3n) is 7.01. The van der Waals surface area contributed by atoms with E-state index in [4.69, 9.17) is 19.4 Å². The molecule has 0 spiro atoms. The number of hydrogen-bond donors (Lipinski definition) is 1. The van der Waals surface area contributed by atoms with Gasteiger partial charge >= 0.3 is 0 Å². The molecule has 1 aliphatic heterocycles. The molecule has 0 radical (unpaired) electrons. The van der Waals surface area contributed by atoms with Crippen LogP contribution in [0.1, 0.15) is 82.6 Å². The minimum absolute atomic E-state index is 0.160. The first-order chi connectivity index (χ1) is 14.3. The highest BCUT2D eigenvalue weighted by Gasteiger charge is 2.41. The Morgan fingerprint density at radius 3 is 2.59 bits per heavy atom. The summed E-state index contributed by atoms with van der Waals surface area (Å²) in [6.07, 6.45) is 15.8. The van der Waals surface area contributed by atoms with Gasteiger partial charge in [-0.2, -0.15) is 0 Å². The Kier molecular flexibility index (Phi) is 5.29. The van der Waals surface area contributed by atoms with Crippen LogP contribution >= 0.6 is 0 Å². The van der Waals surface area contributed by atoms with Crippen LogP contribution in [0.4, 0.5) is 5.95 Å². The average Bonchev–Trinajstić information content (AvgIpc) is 3.55. The first kappa shape index (κ1) is 19.0. The van der Waals surface area contributed by atoms with Gasteiger partial charge in [0, 0.05) is 36.3 Å². The summed E-state index contributed by atoms with van der Waals surface area (Å²) in [5, 5.41) is 4.55. The first-order valence-electron chi connectivity index (χ1n) is 11.4. The molecule has 1 N–H and O–H groups in total. The van der Waals surface area contributed by atoms with E-state index in [1.807, 2.05) is 12.4 Å². The molecule has 2 aliphatic carbocycles. The maximum Gasteiger partial charge on any atom is 0.224 e. The van der Waals surface area contributed by atoms with Crippen molar-refractivity contribution in [3.63, 3.8) is 0 Å². The van der Waals surface area contributed by atoms with E-state index in [-0.39, 0.29) is 11.6 Å². The summed E-state index contributed by atoms with van der Waals surface area (Å²) in [6.45, 7) is 3.75. The summed E-state index contributed by atoms with van der Waals surface area (Å²) >= 11 is 0. The van der Waals surface area contributed by atoms with Gasteiger partial charge in [-0.15, -0.1) is 0 Å². The van der Waals surface area contributed by atoms with E-state index in [1.165, 1.54) is 50.5 Å². The van der Waals surface area contributed by atoms with Crippen LogP contribution in [-0.4, -0.2) is 39.8 Å². The average molecular weight is 397 g/mol. The van der Waals surface area contributed by atoms with Crippen molar-refractivity contribution in [2.75, 3.05) is 18.5 Å². The Labute approximate surface area is 172 Å². The summed E-state index contributed by atoms with van der Waals surface area (Å²) in [6, 6.07) is 0. The predicted octanol–water partition coefficient (Wildman–Crippen LogP) is 4.98. The Bertz CT molecular complexity index is 855. The second kappa shape index (κ2) is 8.05. The minimum Gasteiger partial charge on any atom is -0.474 e. The zero-order valence-electron chi connectivity index (χ0n) is 17.5. The monoisotopic (exact) mass is 396 g/mol. The van der Waals surface area contributed by atoms with Gasteiger partial charge in [0.05, 0.1) is 24.1 Å². The molecule has 6 nitrogen and oxygen atoms in total. The zero-order valence-corrected chi connectivity index (χ0v) is 17.5. The van der Waals surface area contributed by atoms with Crippen LogP contribution in [0.2, 0.25) is 0 Å². The van der Waals surface area contributed by atoms with Crippen LogP contribution < -0.4 is 10.1 Å². The number of rotatable bonds is 6. The molecule has 2 aromatic rings. The van der Waals surface area contributed by atoms with Gasteiger partial charge in [0.25, 0.3) is 0 Å². The highest BCUT2D eigenvalue weighted by molar-refractivity contribution is 5.86. The third-order valence-corrected chi connectivity index (χ3v) is 7.01. The first-order valence-corrected chi connectivity index (χ1v) is 11.4. The Hall–Kier alpha value is -1.95. The van der Waals surface area contributed by atoms with E-state index in [9.17, 15) is 0 Å². The number of fused-ring (bicyclic) bond motifs is 1. The lowest BCUT2D eigenvalue weighted by atomic mass is 9.84. The largest absolute Gasteiger partial charge is 0.474 e. The normalized spacial score (nSPS) is 22.5. The van der Waals surface area contributed by atoms with Gasteiger partial charge < -0.3 is 14.8 Å². The summed E-state index contributed by atoms with van der Waals surface area (Å²) in [5.74, 6) is 1.96. The Morgan fingerprint density at radius 2 is 1.86 bits per heavy atom. The zero-order chi connectivity index (χ0) is 19.7. The van der Waals surface area contributed by atoms with Crippen molar-refractivity contribution in [3.05, 3.63) is 18.0 Å². The van der Waals surface area contributed by atoms with Crippen molar-refractivity contribution in [1.82, 2.24) is 15.0 Å². The molecular formula is C23H32N4O2. The second-order valence-electron chi connectivity index (χ2n) is 9.00. The fraction of sp³-hybridized carbons (Fsp3) is 0.696. The number of pyridine rings is 1. The molecular weight excluding hydrogens is 364 g/mol. The van der Waals surface area contributed by atoms with Crippen LogP contribution in [0.3, 0.4) is 0 Å². The van der Waals surface area contributed by atoms with Crippen molar-refractivity contribution in [2.45, 2.75) is 88.7 Å². The molecule has 0 amide bonds. The van der Waals surface area contributed by atoms with Crippen LogP contribution in [0.25, 0.3) is 10.9 Å². The molecule has 2 saturated carbocycles. The van der Waals surface area contributed by atoms with Gasteiger partial charge in [-0.05, 0) is 38.0 Å². The summed E-state index contributed by atoms with van der Waals surface area (Å²) in [5.41, 5.74) is 2.50. The molecule has 0 bridgehead atoms. The van der Waals surface area contributed by atoms with Crippen LogP contribution in [0.5, 0.6) is 5.88 Å². The Balaban J connectivity index is 1.51. The fourth-order valence-electron chi connectivity index (χ4n) is 4.79. The van der Waals surface area contributed by atoms with E-state index >= 15 is 0 Å². The van der Waals surface area contributed by atoms with Gasteiger partial charge in [-0.3, -0.25) is 0 Å². The lowest BCUT2D eigenvalue weighted by Crippen LogP contribution is -2.26. The summed E-state index contributed by atoms with van der Waals surface area (Å²) in [4.78, 5) is 14.4. The molecule has 1 saturated heterocycles. The van der Waals surface area contributed by atoms with Crippen molar-refractivity contribution < 1.29 is 9.47 Å². The lowest BCUT2D eigenvalue weighted by molar-refractivity contribution is 0.0244. The topological polar surface area (TPSA) is 69.2 Å². The van der Waals surface area contributed by atoms with Crippen LogP contribution in [0, 0.1) is 0 Å². The molecule has 3 heterocycles. The number of aromatic nitrogens is 3. The molecule has 3 fully saturated rings. The van der Waals surface area contributed by atoms with Crippen molar-refractivity contribution in [2.24, 2.45) is 0 Å². The second-order valence-corrected chi connectivity index (χ2v) is 9.00. The van der Waals surface area contributed by atoms with Gasteiger partial charge in [-0.25, -0.2) is 15.0 Å². The molecule has 2 aromatic heterocycles. The number of nitrogens with one attached hydrogen (secondary N) is 1. The molecule has 5 rings (SSSR count). The number of ether oxygens (including phenoxy) is 2. The van der Waals surface area contributed by atoms with Crippen LogP contribution in [-0.2, 0) is 4.74 Å². The van der Waals surface area contributed by atoms with E-state index in [0.717, 1.165) is 49.3 Å². The van der Waals surface area contributed by atoms with Gasteiger partial charge in [0.2, 0.25) is 11.8 Å². The highest BCUT2D eigenvalue weighted by atomic mass is 16.5. The number of nitrogens with zero attached hydrogens (tertiary/aromatic N) is 3. The Morgan fingerprint density at radius 1 is 1.07 bits per heavy atom. The quantitative estimate of drug-likeness (QED) is 0.742. The van der Waals surface area contributed by atoms with E-state index in [2.05, 4.69) is 17.2 Å². The SMILES string of the molecule is CCC1(Nc2ncc3c(OC4CCOCC4)ncc(C4CCCCC4)c3n2)CC1. The minimum atomic E-state index is 0.160. The smallest absolute Gasteiger partial charge is 0.224 e. The predicted molar refractivity (Wildman–Crippen MR) is 114 cm³/mol. The molecule has 156 valence electrons. The summed E-state index contributed by atoms with van der Waals surface area (Å²) < 4.78 is 11.8. The number of anilines is 1. The van der Waals surface area contributed by atoms with Gasteiger partial charge in [0.1, 0.15) is 6.10 Å². The fourth-order valence-corrected chi connectivity index (χ4v) is 4.79. The van der Waals surface area contributed by atoms with Crippen molar-refractivity contribution in [3.8, 4) is 5.88 Å². The molecule has 3 aliphatic rings. The van der Waals surface area contributed by atoms with E-state index in [1.54, 1.807) is 0 Å².